The van der Waals surface area contributed by atoms with Gasteiger partial charge in [0.1, 0.15) is 18.3 Å². The van der Waals surface area contributed by atoms with Crippen molar-refractivity contribution in [3.05, 3.63) is 68.5 Å². The minimum Gasteiger partial charge on any atom is -0.394 e. The molecule has 0 radical (unpaired) electrons. The highest BCUT2D eigenvalue weighted by molar-refractivity contribution is 7.52. The zero-order valence-corrected chi connectivity index (χ0v) is 16.1. The van der Waals surface area contributed by atoms with Crippen molar-refractivity contribution in [2.45, 2.75) is 37.0 Å². The Bertz CT molecular complexity index is 1080. The molecule has 2 saturated heterocycles. The van der Waals surface area contributed by atoms with Crippen molar-refractivity contribution in [2.75, 3.05) is 6.61 Å². The van der Waals surface area contributed by atoms with Crippen molar-refractivity contribution >= 4 is 7.60 Å². The van der Waals surface area contributed by atoms with Crippen LogP contribution in [0.15, 0.2) is 46.1 Å². The number of nitrogens with one attached hydrogen (secondary N) is 1. The SMILES string of the molecule is Cc1cn([C@@H]2O[C@H](CO)[C@H]3OC(c4ccccc4)(P(=O)(O)O)O[C@H]32)c(=O)[nH]c1=O. The molecule has 2 aromatic rings. The van der Waals surface area contributed by atoms with Crippen molar-refractivity contribution in [3.8, 4) is 0 Å². The quantitative estimate of drug-likeness (QED) is 0.473. The predicted octanol–water partition coefficient (Wildman–Crippen LogP) is -0.493. The average molecular weight is 426 g/mol. The molecule has 4 rings (SSSR count). The minimum atomic E-state index is -5.03. The summed E-state index contributed by atoms with van der Waals surface area (Å²) >= 11 is 0. The number of fused-ring (bicyclic) bond motifs is 1. The van der Waals surface area contributed by atoms with Crippen LogP contribution in [0.2, 0.25) is 0 Å². The maximum Gasteiger partial charge on any atom is 0.389 e. The van der Waals surface area contributed by atoms with Gasteiger partial charge in [-0.1, -0.05) is 30.3 Å². The number of H-pyrrole nitrogens is 1. The van der Waals surface area contributed by atoms with Crippen LogP contribution in [0.5, 0.6) is 0 Å². The van der Waals surface area contributed by atoms with Crippen LogP contribution >= 0.6 is 7.60 Å². The Balaban J connectivity index is 1.82. The van der Waals surface area contributed by atoms with E-state index < -0.39 is 55.5 Å². The first kappa shape index (κ1) is 20.2. The number of aromatic nitrogens is 2. The summed E-state index contributed by atoms with van der Waals surface area (Å²) < 4.78 is 30.6. The van der Waals surface area contributed by atoms with E-state index in [-0.39, 0.29) is 11.1 Å². The van der Waals surface area contributed by atoms with Crippen LogP contribution in [0.4, 0.5) is 0 Å². The topological polar surface area (TPSA) is 160 Å². The lowest BCUT2D eigenvalue weighted by Crippen LogP contribution is -2.38. The number of benzene rings is 1. The van der Waals surface area contributed by atoms with Crippen LogP contribution in [0.25, 0.3) is 0 Å². The maximum atomic E-state index is 12.4. The highest BCUT2D eigenvalue weighted by atomic mass is 31.2. The molecule has 156 valence electrons. The molecular weight excluding hydrogens is 407 g/mol. The summed E-state index contributed by atoms with van der Waals surface area (Å²) in [4.78, 5) is 46.2. The first-order valence-corrected chi connectivity index (χ1v) is 10.3. The summed E-state index contributed by atoms with van der Waals surface area (Å²) in [5.74, 6) is 0. The van der Waals surface area contributed by atoms with E-state index >= 15 is 0 Å². The van der Waals surface area contributed by atoms with Gasteiger partial charge in [-0.05, 0) is 6.92 Å². The highest BCUT2D eigenvalue weighted by Crippen LogP contribution is 2.64. The zero-order chi connectivity index (χ0) is 21.0. The van der Waals surface area contributed by atoms with E-state index in [0.29, 0.717) is 0 Å². The maximum absolute atomic E-state index is 12.4. The molecule has 0 bridgehead atoms. The van der Waals surface area contributed by atoms with E-state index in [1.165, 1.54) is 25.3 Å². The molecule has 29 heavy (non-hydrogen) atoms. The molecule has 5 atom stereocenters. The molecular formula is C17H19N2O9P. The van der Waals surface area contributed by atoms with Gasteiger partial charge in [-0.15, -0.1) is 0 Å². The minimum absolute atomic E-state index is 0.0863. The number of hydrogen-bond donors (Lipinski definition) is 4. The van der Waals surface area contributed by atoms with Gasteiger partial charge in [0.05, 0.1) is 6.61 Å². The molecule has 2 aliphatic heterocycles. The Hall–Kier alpha value is -2.11. The molecule has 1 aromatic heterocycles. The number of aliphatic hydroxyl groups is 1. The summed E-state index contributed by atoms with van der Waals surface area (Å²) in [6, 6.07) is 7.69. The first-order chi connectivity index (χ1) is 13.7. The molecule has 0 amide bonds. The second-order valence-electron chi connectivity index (χ2n) is 6.88. The lowest BCUT2D eigenvalue weighted by molar-refractivity contribution is -0.189. The van der Waals surface area contributed by atoms with E-state index in [2.05, 4.69) is 4.98 Å². The highest BCUT2D eigenvalue weighted by Gasteiger charge is 2.66. The largest absolute Gasteiger partial charge is 0.394 e. The van der Waals surface area contributed by atoms with Crippen LogP contribution in [0, 0.1) is 6.92 Å². The standard InChI is InChI=1S/C17H19N2O9P/c1-9-7-19(16(22)18-14(9)21)15-13-12(11(8-20)26-15)27-17(28-13,29(23,24)25)10-5-3-2-4-6-10/h2-7,11-13,15,20H,8H2,1H3,(H,18,21,22)(H2,23,24,25)/t11-,12-,13-,15-,17?/m1/s1. The lowest BCUT2D eigenvalue weighted by atomic mass is 10.1. The molecule has 0 aliphatic carbocycles. The smallest absolute Gasteiger partial charge is 0.389 e. The van der Waals surface area contributed by atoms with Crippen LogP contribution in [0.1, 0.15) is 17.4 Å². The predicted molar refractivity (Wildman–Crippen MR) is 97.0 cm³/mol. The fraction of sp³-hybridized carbons (Fsp3) is 0.412. The molecule has 11 nitrogen and oxygen atoms in total. The molecule has 0 saturated carbocycles. The Labute approximate surface area is 163 Å². The molecule has 4 N–H and O–H groups in total. The van der Waals surface area contributed by atoms with Gasteiger partial charge in [0, 0.05) is 17.3 Å². The van der Waals surface area contributed by atoms with E-state index in [4.69, 9.17) is 14.2 Å². The zero-order valence-electron chi connectivity index (χ0n) is 15.2. The van der Waals surface area contributed by atoms with Gasteiger partial charge in [-0.3, -0.25) is 18.9 Å². The van der Waals surface area contributed by atoms with E-state index in [0.717, 1.165) is 4.57 Å². The third kappa shape index (κ3) is 3.11. The number of rotatable bonds is 4. The van der Waals surface area contributed by atoms with Crippen LogP contribution in [-0.4, -0.2) is 49.4 Å². The van der Waals surface area contributed by atoms with Crippen molar-refractivity contribution in [3.63, 3.8) is 0 Å². The van der Waals surface area contributed by atoms with Crippen molar-refractivity contribution in [1.29, 1.82) is 0 Å². The lowest BCUT2D eigenvalue weighted by Gasteiger charge is -2.31. The van der Waals surface area contributed by atoms with Gasteiger partial charge in [0.2, 0.25) is 0 Å². The Morgan fingerprint density at radius 2 is 1.83 bits per heavy atom. The molecule has 1 aromatic carbocycles. The van der Waals surface area contributed by atoms with Crippen LogP contribution in [0.3, 0.4) is 0 Å². The molecule has 1 unspecified atom stereocenters. The fourth-order valence-corrected chi connectivity index (χ4v) is 4.61. The van der Waals surface area contributed by atoms with Gasteiger partial charge in [0.15, 0.2) is 6.23 Å². The van der Waals surface area contributed by atoms with Crippen molar-refractivity contribution < 1.29 is 33.7 Å². The van der Waals surface area contributed by atoms with E-state index in [9.17, 15) is 29.0 Å². The number of nitrogens with zero attached hydrogens (tertiary/aromatic N) is 1. The first-order valence-electron chi connectivity index (χ1n) is 8.73. The molecule has 2 aliphatic rings. The third-order valence-electron chi connectivity index (χ3n) is 5.00. The van der Waals surface area contributed by atoms with Gasteiger partial charge in [-0.2, -0.15) is 0 Å². The normalized spacial score (nSPS) is 31.7. The molecule has 2 fully saturated rings. The number of aryl methyl sites for hydroxylation is 1. The average Bonchev–Trinajstić information content (AvgIpc) is 3.22. The number of aromatic amines is 1. The Morgan fingerprint density at radius 3 is 2.45 bits per heavy atom. The Morgan fingerprint density at radius 1 is 1.17 bits per heavy atom. The molecule has 0 spiro atoms. The second-order valence-corrected chi connectivity index (χ2v) is 8.56. The van der Waals surface area contributed by atoms with Crippen molar-refractivity contribution in [2.24, 2.45) is 0 Å². The van der Waals surface area contributed by atoms with Crippen molar-refractivity contribution in [1.82, 2.24) is 9.55 Å². The summed E-state index contributed by atoms with van der Waals surface area (Å²) in [6.07, 6.45) is -3.15. The van der Waals surface area contributed by atoms with Gasteiger partial charge >= 0.3 is 18.8 Å². The summed E-state index contributed by atoms with van der Waals surface area (Å²) in [5.41, 5.74) is -3.47. The fourth-order valence-electron chi connectivity index (χ4n) is 3.61. The monoisotopic (exact) mass is 426 g/mol. The van der Waals surface area contributed by atoms with E-state index in [1.807, 2.05) is 0 Å². The van der Waals surface area contributed by atoms with Gasteiger partial charge < -0.3 is 29.1 Å². The molecule has 3 heterocycles. The Kier molecular flexibility index (Phi) is 4.87. The summed E-state index contributed by atoms with van der Waals surface area (Å²) in [5, 5.41) is 9.69. The number of ether oxygens (including phenoxy) is 3. The van der Waals surface area contributed by atoms with Gasteiger partial charge in [0.25, 0.3) is 5.56 Å². The number of aliphatic hydroxyl groups excluding tert-OH is 1. The summed E-state index contributed by atoms with van der Waals surface area (Å²) in [7, 11) is -5.03. The molecule has 12 heteroatoms. The van der Waals surface area contributed by atoms with Crippen LogP contribution in [-0.2, 0) is 24.3 Å². The van der Waals surface area contributed by atoms with Gasteiger partial charge in [-0.25, -0.2) is 4.79 Å². The van der Waals surface area contributed by atoms with Crippen LogP contribution < -0.4 is 11.2 Å². The van der Waals surface area contributed by atoms with E-state index in [1.54, 1.807) is 18.2 Å². The second kappa shape index (κ2) is 6.99. The third-order valence-corrected chi connectivity index (χ3v) is 6.24. The summed E-state index contributed by atoms with van der Waals surface area (Å²) in [6.45, 7) is 0.949. The number of hydrogen-bond acceptors (Lipinski definition) is 7.